The average Bonchev–Trinajstić information content (AvgIpc) is 3.04. The summed E-state index contributed by atoms with van der Waals surface area (Å²) < 4.78 is 25.9. The summed E-state index contributed by atoms with van der Waals surface area (Å²) in [7, 11) is 1.47. The van der Waals surface area contributed by atoms with Crippen molar-refractivity contribution in [1.82, 2.24) is 19.6 Å². The number of rotatable bonds is 6. The summed E-state index contributed by atoms with van der Waals surface area (Å²) in [4.78, 5) is 20.5. The highest BCUT2D eigenvalue weighted by molar-refractivity contribution is 9.10. The predicted octanol–water partition coefficient (Wildman–Crippen LogP) is 3.38. The van der Waals surface area contributed by atoms with Gasteiger partial charge < -0.3 is 14.8 Å². The van der Waals surface area contributed by atoms with Crippen molar-refractivity contribution in [3.05, 3.63) is 46.1 Å². The molecule has 10 heteroatoms. The van der Waals surface area contributed by atoms with Crippen LogP contribution >= 0.6 is 15.9 Å². The molecule has 0 radical (unpaired) electrons. The van der Waals surface area contributed by atoms with Gasteiger partial charge in [-0.1, -0.05) is 0 Å². The van der Waals surface area contributed by atoms with Gasteiger partial charge in [0.05, 0.1) is 36.6 Å². The van der Waals surface area contributed by atoms with Crippen molar-refractivity contribution in [3.8, 4) is 5.88 Å². The highest BCUT2D eigenvalue weighted by atomic mass is 79.9. The fraction of sp³-hybridized carbons (Fsp3) is 0.294. The quantitative estimate of drug-likeness (QED) is 0.590. The Morgan fingerprint density at radius 3 is 2.93 bits per heavy atom. The molecule has 0 saturated carbocycles. The molecule has 0 aliphatic rings. The van der Waals surface area contributed by atoms with Crippen LogP contribution in [0.25, 0.3) is 5.65 Å². The summed E-state index contributed by atoms with van der Waals surface area (Å²) in [5.74, 6) is -0.211. The van der Waals surface area contributed by atoms with E-state index in [1.165, 1.54) is 23.9 Å². The van der Waals surface area contributed by atoms with Crippen molar-refractivity contribution in [2.45, 2.75) is 19.9 Å². The van der Waals surface area contributed by atoms with Gasteiger partial charge in [0.2, 0.25) is 5.88 Å². The van der Waals surface area contributed by atoms with E-state index in [9.17, 15) is 9.18 Å². The third kappa shape index (κ3) is 3.85. The van der Waals surface area contributed by atoms with Crippen molar-refractivity contribution in [3.63, 3.8) is 0 Å². The molecule has 1 atom stereocenters. The molecule has 3 aromatic heterocycles. The second-order valence-electron chi connectivity index (χ2n) is 5.60. The van der Waals surface area contributed by atoms with Gasteiger partial charge in [0.1, 0.15) is 17.2 Å². The van der Waals surface area contributed by atoms with Crippen molar-refractivity contribution >= 4 is 33.4 Å². The van der Waals surface area contributed by atoms with Gasteiger partial charge in [-0.3, -0.25) is 0 Å². The highest BCUT2D eigenvalue weighted by Crippen LogP contribution is 2.29. The topological polar surface area (TPSA) is 90.6 Å². The molecule has 0 aliphatic heterocycles. The number of hydrogen-bond donors (Lipinski definition) is 1. The molecule has 0 fully saturated rings. The number of aromatic nitrogens is 4. The summed E-state index contributed by atoms with van der Waals surface area (Å²) in [6, 6.07) is 0.974. The number of carbonyl (C=O) groups excluding carboxylic acids is 1. The van der Waals surface area contributed by atoms with E-state index in [-0.39, 0.29) is 18.2 Å². The molecule has 3 rings (SSSR count). The summed E-state index contributed by atoms with van der Waals surface area (Å²) in [5.41, 5.74) is 1.13. The van der Waals surface area contributed by atoms with Crippen LogP contribution in [0, 0.1) is 5.82 Å². The molecule has 0 bridgehead atoms. The molecule has 0 aliphatic carbocycles. The average molecular weight is 438 g/mol. The van der Waals surface area contributed by atoms with Crippen LogP contribution in [0.15, 0.2) is 29.1 Å². The number of pyridine rings is 1. The van der Waals surface area contributed by atoms with Gasteiger partial charge in [0, 0.05) is 11.8 Å². The summed E-state index contributed by atoms with van der Waals surface area (Å²) >= 11 is 3.42. The van der Waals surface area contributed by atoms with Crippen LogP contribution in [0.2, 0.25) is 0 Å². The number of fused-ring (bicyclic) bond motifs is 1. The molecule has 27 heavy (non-hydrogen) atoms. The van der Waals surface area contributed by atoms with E-state index in [1.807, 2.05) is 6.92 Å². The first-order valence-electron chi connectivity index (χ1n) is 8.11. The Morgan fingerprint density at radius 1 is 1.44 bits per heavy atom. The zero-order valence-electron chi connectivity index (χ0n) is 14.9. The van der Waals surface area contributed by atoms with Crippen LogP contribution in [0.4, 0.5) is 10.2 Å². The van der Waals surface area contributed by atoms with Crippen molar-refractivity contribution in [1.29, 1.82) is 0 Å². The van der Waals surface area contributed by atoms with Crippen LogP contribution in [0.3, 0.4) is 0 Å². The van der Waals surface area contributed by atoms with Crippen LogP contribution in [0.5, 0.6) is 5.88 Å². The van der Waals surface area contributed by atoms with E-state index in [0.29, 0.717) is 27.4 Å². The van der Waals surface area contributed by atoms with Crippen LogP contribution in [0.1, 0.15) is 35.8 Å². The molecular weight excluding hydrogens is 421 g/mol. The molecule has 8 nitrogen and oxygen atoms in total. The van der Waals surface area contributed by atoms with E-state index in [1.54, 1.807) is 13.1 Å². The lowest BCUT2D eigenvalue weighted by Gasteiger charge is -2.18. The summed E-state index contributed by atoms with van der Waals surface area (Å²) in [6.07, 6.45) is 4.16. The van der Waals surface area contributed by atoms with E-state index in [0.717, 1.165) is 6.20 Å². The van der Waals surface area contributed by atoms with Crippen molar-refractivity contribution in [2.24, 2.45) is 0 Å². The van der Waals surface area contributed by atoms with Crippen molar-refractivity contribution in [2.75, 3.05) is 19.0 Å². The number of nitrogens with one attached hydrogen (secondary N) is 1. The molecule has 0 aromatic carbocycles. The SMILES string of the molecule is CCOC(=O)c1cnn2cc(Br)c(N[C@H](C)c3cc(F)cnc3OC)nc12. The van der Waals surface area contributed by atoms with Gasteiger partial charge in [0.25, 0.3) is 0 Å². The normalized spacial score (nSPS) is 12.0. The maximum absolute atomic E-state index is 13.6. The molecule has 0 amide bonds. The third-order valence-corrected chi connectivity index (χ3v) is 4.38. The Balaban J connectivity index is 1.97. The standard InChI is InChI=1S/C17H17BrFN5O3/c1-4-27-17(25)12-7-21-24-8-13(18)14(23-15(12)24)22-9(2)11-5-10(19)6-20-16(11)26-3/h5-9H,4H2,1-3H3,(H,22,23)/t9-/m1/s1. The number of carbonyl (C=O) groups is 1. The fourth-order valence-electron chi connectivity index (χ4n) is 2.55. The number of hydrogen-bond acceptors (Lipinski definition) is 7. The Kier molecular flexibility index (Phi) is 5.54. The van der Waals surface area contributed by atoms with Gasteiger partial charge in [-0.15, -0.1) is 0 Å². The molecular formula is C17H17BrFN5O3. The molecule has 0 unspecified atom stereocenters. The Bertz CT molecular complexity index is 994. The lowest BCUT2D eigenvalue weighted by Crippen LogP contribution is -2.12. The van der Waals surface area contributed by atoms with E-state index < -0.39 is 11.8 Å². The number of methoxy groups -OCH3 is 1. The van der Waals surface area contributed by atoms with Crippen LogP contribution in [-0.2, 0) is 4.74 Å². The van der Waals surface area contributed by atoms with Gasteiger partial charge in [-0.05, 0) is 35.8 Å². The first-order chi connectivity index (χ1) is 12.9. The Morgan fingerprint density at radius 2 is 2.22 bits per heavy atom. The molecule has 0 saturated heterocycles. The number of ether oxygens (including phenoxy) is 2. The number of halogens is 2. The largest absolute Gasteiger partial charge is 0.481 e. The number of anilines is 1. The zero-order valence-corrected chi connectivity index (χ0v) is 16.4. The minimum absolute atomic E-state index is 0.251. The smallest absolute Gasteiger partial charge is 0.343 e. The van der Waals surface area contributed by atoms with Gasteiger partial charge in [-0.25, -0.2) is 23.7 Å². The monoisotopic (exact) mass is 437 g/mol. The lowest BCUT2D eigenvalue weighted by atomic mass is 10.1. The number of esters is 1. The zero-order chi connectivity index (χ0) is 19.6. The maximum atomic E-state index is 13.6. The molecule has 3 aromatic rings. The third-order valence-electron chi connectivity index (χ3n) is 3.80. The summed E-state index contributed by atoms with van der Waals surface area (Å²) in [6.45, 7) is 3.80. The molecule has 0 spiro atoms. The molecule has 3 heterocycles. The minimum atomic E-state index is -0.502. The molecule has 1 N–H and O–H groups in total. The van der Waals surface area contributed by atoms with Crippen LogP contribution in [-0.4, -0.2) is 39.3 Å². The van der Waals surface area contributed by atoms with Gasteiger partial charge in [0.15, 0.2) is 5.65 Å². The first-order valence-corrected chi connectivity index (χ1v) is 8.90. The van der Waals surface area contributed by atoms with Gasteiger partial charge in [-0.2, -0.15) is 5.10 Å². The van der Waals surface area contributed by atoms with Crippen molar-refractivity contribution < 1.29 is 18.7 Å². The molecule has 142 valence electrons. The van der Waals surface area contributed by atoms with Gasteiger partial charge >= 0.3 is 5.97 Å². The van der Waals surface area contributed by atoms with E-state index in [4.69, 9.17) is 9.47 Å². The Labute approximate surface area is 162 Å². The van der Waals surface area contributed by atoms with Crippen LogP contribution < -0.4 is 10.1 Å². The predicted molar refractivity (Wildman–Crippen MR) is 99.4 cm³/mol. The second kappa shape index (κ2) is 7.87. The fourth-order valence-corrected chi connectivity index (χ4v) is 2.95. The number of nitrogens with zero attached hydrogens (tertiary/aromatic N) is 4. The second-order valence-corrected chi connectivity index (χ2v) is 6.46. The van der Waals surface area contributed by atoms with E-state index in [2.05, 4.69) is 36.3 Å². The highest BCUT2D eigenvalue weighted by Gasteiger charge is 2.19. The summed E-state index contributed by atoms with van der Waals surface area (Å²) in [5, 5.41) is 7.29. The minimum Gasteiger partial charge on any atom is -0.481 e. The Hall–Kier alpha value is -2.75. The lowest BCUT2D eigenvalue weighted by molar-refractivity contribution is 0.0528. The first kappa shape index (κ1) is 19.0. The van der Waals surface area contributed by atoms with E-state index >= 15 is 0 Å². The maximum Gasteiger partial charge on any atom is 0.343 e.